The Morgan fingerprint density at radius 3 is 1.83 bits per heavy atom. The van der Waals surface area contributed by atoms with Crippen LogP contribution in [-0.2, 0) is 28.7 Å². The van der Waals surface area contributed by atoms with Crippen molar-refractivity contribution in [2.24, 2.45) is 11.8 Å². The van der Waals surface area contributed by atoms with Crippen molar-refractivity contribution in [1.29, 1.82) is 0 Å². The predicted molar refractivity (Wildman–Crippen MR) is 132 cm³/mol. The number of piperidine rings is 2. The van der Waals surface area contributed by atoms with E-state index in [2.05, 4.69) is 10.0 Å². The van der Waals surface area contributed by atoms with Gasteiger partial charge in [0.1, 0.15) is 12.1 Å². The molecule has 0 unspecified atom stereocenters. The van der Waals surface area contributed by atoms with Crippen molar-refractivity contribution < 1.29 is 28.7 Å². The van der Waals surface area contributed by atoms with E-state index in [9.17, 15) is 19.2 Å². The zero-order valence-electron chi connectivity index (χ0n) is 22.5. The highest BCUT2D eigenvalue weighted by Gasteiger charge is 2.35. The SMILES string of the molecule is COC(=O)CN(C(C)=O)N1CCC(C(=O)N2CCN(N3CCC(C(=O)OC(C)(C)C)CC3)CC2)CC1. The first-order valence-electron chi connectivity index (χ1n) is 13.1. The third-order valence-corrected chi connectivity index (χ3v) is 7.21. The second-order valence-corrected chi connectivity index (χ2v) is 10.9. The summed E-state index contributed by atoms with van der Waals surface area (Å²) in [5, 5.41) is 7.90. The highest BCUT2D eigenvalue weighted by Crippen LogP contribution is 2.25. The van der Waals surface area contributed by atoms with E-state index in [4.69, 9.17) is 9.47 Å². The van der Waals surface area contributed by atoms with Crippen molar-refractivity contribution in [3.05, 3.63) is 0 Å². The summed E-state index contributed by atoms with van der Waals surface area (Å²) in [5.41, 5.74) is -0.455. The van der Waals surface area contributed by atoms with E-state index in [-0.39, 0.29) is 36.2 Å². The Kier molecular flexibility index (Phi) is 9.71. The molecule has 0 atom stereocenters. The number of piperazine rings is 1. The topological polar surface area (TPSA) is 103 Å². The summed E-state index contributed by atoms with van der Waals surface area (Å²) in [6.07, 6.45) is 2.89. The Hall–Kier alpha value is -2.24. The number of rotatable bonds is 6. The van der Waals surface area contributed by atoms with Gasteiger partial charge in [0.15, 0.2) is 0 Å². The lowest BCUT2D eigenvalue weighted by atomic mass is 9.95. The normalized spacial score (nSPS) is 21.8. The van der Waals surface area contributed by atoms with Gasteiger partial charge >= 0.3 is 11.9 Å². The zero-order chi connectivity index (χ0) is 26.5. The van der Waals surface area contributed by atoms with Crippen LogP contribution in [0.5, 0.6) is 0 Å². The number of amides is 2. The fraction of sp³-hybridized carbons (Fsp3) is 0.840. The molecule has 0 aliphatic carbocycles. The van der Waals surface area contributed by atoms with Crippen LogP contribution in [0.1, 0.15) is 53.4 Å². The molecule has 2 amide bonds. The van der Waals surface area contributed by atoms with Crippen LogP contribution in [0.2, 0.25) is 0 Å². The molecule has 0 aromatic carbocycles. The maximum atomic E-state index is 13.2. The van der Waals surface area contributed by atoms with E-state index in [1.807, 2.05) is 30.7 Å². The predicted octanol–water partition coefficient (Wildman–Crippen LogP) is 0.748. The quantitative estimate of drug-likeness (QED) is 0.480. The number of ether oxygens (including phenoxy) is 2. The molecule has 11 heteroatoms. The molecule has 0 N–H and O–H groups in total. The van der Waals surface area contributed by atoms with E-state index in [1.54, 1.807) is 0 Å². The molecule has 0 radical (unpaired) electrons. The molecule has 3 heterocycles. The molecule has 3 aliphatic heterocycles. The van der Waals surface area contributed by atoms with Gasteiger partial charge < -0.3 is 14.4 Å². The fourth-order valence-electron chi connectivity index (χ4n) is 5.18. The Morgan fingerprint density at radius 2 is 1.33 bits per heavy atom. The van der Waals surface area contributed by atoms with Crippen LogP contribution in [0.3, 0.4) is 0 Å². The van der Waals surface area contributed by atoms with Crippen LogP contribution in [0, 0.1) is 11.8 Å². The van der Waals surface area contributed by atoms with Crippen molar-refractivity contribution in [3.8, 4) is 0 Å². The van der Waals surface area contributed by atoms with Crippen LogP contribution in [0.25, 0.3) is 0 Å². The minimum absolute atomic E-state index is 0.0410. The first-order chi connectivity index (χ1) is 17.0. The second kappa shape index (κ2) is 12.3. The molecule has 204 valence electrons. The number of hydrogen-bond acceptors (Lipinski definition) is 9. The molecule has 0 aromatic heterocycles. The number of carbonyl (C=O) groups excluding carboxylic acids is 4. The third-order valence-electron chi connectivity index (χ3n) is 7.21. The van der Waals surface area contributed by atoms with Gasteiger partial charge in [-0.3, -0.25) is 24.2 Å². The van der Waals surface area contributed by atoms with E-state index >= 15 is 0 Å². The van der Waals surface area contributed by atoms with Crippen molar-refractivity contribution in [2.75, 3.05) is 66.0 Å². The summed E-state index contributed by atoms with van der Waals surface area (Å²) < 4.78 is 10.2. The lowest BCUT2D eigenvalue weighted by Gasteiger charge is -2.45. The molecule has 3 aliphatic rings. The third kappa shape index (κ3) is 7.63. The maximum absolute atomic E-state index is 13.2. The first-order valence-corrected chi connectivity index (χ1v) is 13.1. The number of esters is 2. The number of hydrogen-bond donors (Lipinski definition) is 0. The number of methoxy groups -OCH3 is 1. The zero-order valence-corrected chi connectivity index (χ0v) is 22.5. The Balaban J connectivity index is 1.40. The summed E-state index contributed by atoms with van der Waals surface area (Å²) in [6, 6.07) is 0. The Labute approximate surface area is 214 Å². The molecular formula is C25H43N5O6. The van der Waals surface area contributed by atoms with Crippen molar-refractivity contribution in [3.63, 3.8) is 0 Å². The van der Waals surface area contributed by atoms with Crippen molar-refractivity contribution in [1.82, 2.24) is 24.9 Å². The maximum Gasteiger partial charge on any atom is 0.327 e. The number of nitrogens with zero attached hydrogens (tertiary/aromatic N) is 5. The van der Waals surface area contributed by atoms with Gasteiger partial charge in [-0.1, -0.05) is 0 Å². The molecule has 0 spiro atoms. The van der Waals surface area contributed by atoms with Crippen LogP contribution in [-0.4, -0.2) is 120 Å². The highest BCUT2D eigenvalue weighted by molar-refractivity contribution is 5.80. The van der Waals surface area contributed by atoms with Gasteiger partial charge in [-0.2, -0.15) is 0 Å². The molecule has 0 aromatic rings. The van der Waals surface area contributed by atoms with E-state index < -0.39 is 11.6 Å². The molecule has 0 saturated carbocycles. The molecule has 36 heavy (non-hydrogen) atoms. The summed E-state index contributed by atoms with van der Waals surface area (Å²) in [6.45, 7) is 12.7. The average molecular weight is 510 g/mol. The smallest absolute Gasteiger partial charge is 0.327 e. The van der Waals surface area contributed by atoms with E-state index in [1.165, 1.54) is 19.0 Å². The minimum atomic E-state index is -0.463. The highest BCUT2D eigenvalue weighted by atomic mass is 16.6. The van der Waals surface area contributed by atoms with Crippen molar-refractivity contribution in [2.45, 2.75) is 59.0 Å². The summed E-state index contributed by atoms with van der Waals surface area (Å²) in [5.74, 6) is -0.697. The largest absolute Gasteiger partial charge is 0.468 e. The van der Waals surface area contributed by atoms with Crippen LogP contribution < -0.4 is 0 Å². The van der Waals surface area contributed by atoms with Gasteiger partial charge in [-0.25, -0.2) is 15.0 Å². The van der Waals surface area contributed by atoms with Gasteiger partial charge in [0.25, 0.3) is 0 Å². The van der Waals surface area contributed by atoms with Crippen LogP contribution in [0.4, 0.5) is 0 Å². The summed E-state index contributed by atoms with van der Waals surface area (Å²) in [4.78, 5) is 51.2. The van der Waals surface area contributed by atoms with Gasteiger partial charge in [-0.05, 0) is 46.5 Å². The first kappa shape index (κ1) is 28.3. The fourth-order valence-corrected chi connectivity index (χ4v) is 5.18. The van der Waals surface area contributed by atoms with E-state index in [0.717, 1.165) is 39.0 Å². The standard InChI is InChI=1S/C25H43N5O6/c1-19(31)30(18-22(32)35-5)29-12-6-20(7-13-29)23(33)26-14-16-28(17-15-26)27-10-8-21(9-11-27)24(34)36-25(2,3)4/h20-21H,6-18H2,1-5H3. The molecular weight excluding hydrogens is 466 g/mol. The molecule has 11 nitrogen and oxygen atoms in total. The van der Waals surface area contributed by atoms with Gasteiger partial charge in [0.05, 0.1) is 13.0 Å². The Morgan fingerprint density at radius 1 is 0.806 bits per heavy atom. The van der Waals surface area contributed by atoms with Gasteiger partial charge in [0, 0.05) is 65.2 Å². The second-order valence-electron chi connectivity index (χ2n) is 10.9. The Bertz CT molecular complexity index is 791. The average Bonchev–Trinajstić information content (AvgIpc) is 2.86. The molecule has 3 fully saturated rings. The van der Waals surface area contributed by atoms with E-state index in [0.29, 0.717) is 39.0 Å². The van der Waals surface area contributed by atoms with Gasteiger partial charge in [-0.15, -0.1) is 0 Å². The molecule has 0 bridgehead atoms. The lowest BCUT2D eigenvalue weighted by Crippen LogP contribution is -2.58. The van der Waals surface area contributed by atoms with Gasteiger partial charge in [0.2, 0.25) is 11.8 Å². The molecule has 3 rings (SSSR count). The van der Waals surface area contributed by atoms with Crippen LogP contribution in [0.15, 0.2) is 0 Å². The summed E-state index contributed by atoms with van der Waals surface area (Å²) in [7, 11) is 1.30. The van der Waals surface area contributed by atoms with Crippen molar-refractivity contribution >= 4 is 23.8 Å². The number of hydrazine groups is 2. The monoisotopic (exact) mass is 509 g/mol. The molecule has 3 saturated heterocycles. The summed E-state index contributed by atoms with van der Waals surface area (Å²) >= 11 is 0. The number of carbonyl (C=O) groups is 4. The minimum Gasteiger partial charge on any atom is -0.468 e. The lowest BCUT2D eigenvalue weighted by molar-refractivity contribution is -0.165. The van der Waals surface area contributed by atoms with Crippen LogP contribution >= 0.6 is 0 Å².